The lowest BCUT2D eigenvalue weighted by Crippen LogP contribution is -2.32. The third-order valence-corrected chi connectivity index (χ3v) is 2.18. The third-order valence-electron chi connectivity index (χ3n) is 2.18. The number of nitrogens with one attached hydrogen (secondary N) is 1. The summed E-state index contributed by atoms with van der Waals surface area (Å²) in [5, 5.41) is 12.8. The van der Waals surface area contributed by atoms with Crippen LogP contribution in [0.4, 0.5) is 19.3 Å². The first-order valence-electron chi connectivity index (χ1n) is 6.19. The Labute approximate surface area is 125 Å². The summed E-state index contributed by atoms with van der Waals surface area (Å²) in [6.45, 7) is 4.92. The van der Waals surface area contributed by atoms with Gasteiger partial charge in [0.15, 0.2) is 0 Å². The smallest absolute Gasteiger partial charge is 0.408 e. The van der Waals surface area contributed by atoms with Crippen LogP contribution in [0, 0.1) is 33.6 Å². The highest BCUT2D eigenvalue weighted by atomic mass is 19.1. The Balaban J connectivity index is 2.72. The number of alkyl carbamates (subject to hydrolysis) is 1. The second-order valence-corrected chi connectivity index (χ2v) is 5.20. The molecule has 6 nitrogen and oxygen atoms in total. The summed E-state index contributed by atoms with van der Waals surface area (Å²) in [6.07, 6.45) is -0.697. The van der Waals surface area contributed by atoms with Gasteiger partial charge in [0.2, 0.25) is 5.82 Å². The maximum Gasteiger partial charge on any atom is 0.408 e. The van der Waals surface area contributed by atoms with Crippen LogP contribution in [0.3, 0.4) is 0 Å². The van der Waals surface area contributed by atoms with Gasteiger partial charge in [-0.2, -0.15) is 4.39 Å². The number of nitrogens with zero attached hydrogens (tertiary/aromatic N) is 1. The number of hydrogen-bond donors (Lipinski definition) is 1. The predicted molar refractivity (Wildman–Crippen MR) is 74.1 cm³/mol. The first kappa shape index (κ1) is 17.4. The lowest BCUT2D eigenvalue weighted by Gasteiger charge is -2.18. The molecule has 1 amide bonds. The van der Waals surface area contributed by atoms with Crippen molar-refractivity contribution in [3.05, 3.63) is 39.4 Å². The van der Waals surface area contributed by atoms with Gasteiger partial charge in [-0.05, 0) is 26.8 Å². The number of nitro benzene ring substituents is 1. The minimum Gasteiger partial charge on any atom is -0.444 e. The molecule has 1 aromatic rings. The highest BCUT2D eigenvalue weighted by Crippen LogP contribution is 2.20. The maximum absolute atomic E-state index is 13.5. The first-order chi connectivity index (χ1) is 10.1. The Morgan fingerprint density at radius 3 is 2.55 bits per heavy atom. The number of benzene rings is 1. The summed E-state index contributed by atoms with van der Waals surface area (Å²) in [4.78, 5) is 20.7. The number of nitro groups is 1. The molecule has 1 aromatic carbocycles. The zero-order valence-electron chi connectivity index (χ0n) is 12.2. The largest absolute Gasteiger partial charge is 0.444 e. The second-order valence-electron chi connectivity index (χ2n) is 5.20. The summed E-state index contributed by atoms with van der Waals surface area (Å²) in [5.41, 5.74) is -1.96. The van der Waals surface area contributed by atoms with E-state index in [0.717, 1.165) is 0 Å². The number of amides is 1. The average molecular weight is 312 g/mol. The Morgan fingerprint density at radius 2 is 2.00 bits per heavy atom. The van der Waals surface area contributed by atoms with Crippen molar-refractivity contribution in [1.29, 1.82) is 0 Å². The van der Waals surface area contributed by atoms with Crippen molar-refractivity contribution in [2.75, 3.05) is 6.54 Å². The first-order valence-corrected chi connectivity index (χ1v) is 6.19. The molecule has 0 aliphatic rings. The van der Waals surface area contributed by atoms with Crippen molar-refractivity contribution in [2.24, 2.45) is 0 Å². The van der Waals surface area contributed by atoms with Gasteiger partial charge in [-0.25, -0.2) is 9.18 Å². The van der Waals surface area contributed by atoms with E-state index in [-0.39, 0.29) is 12.1 Å². The van der Waals surface area contributed by atoms with Crippen LogP contribution in [-0.4, -0.2) is 23.2 Å². The lowest BCUT2D eigenvalue weighted by molar-refractivity contribution is -0.387. The van der Waals surface area contributed by atoms with Gasteiger partial charge >= 0.3 is 11.8 Å². The van der Waals surface area contributed by atoms with Gasteiger partial charge in [0.1, 0.15) is 11.4 Å². The second kappa shape index (κ2) is 6.85. The molecule has 8 heteroatoms. The van der Waals surface area contributed by atoms with Crippen molar-refractivity contribution in [1.82, 2.24) is 5.32 Å². The normalized spacial score (nSPS) is 10.4. The number of halogens is 2. The standard InChI is InChI=1S/C14H14F2N2O4/c1-14(2,3)22-13(19)17-6-4-5-9-7-11(16)12(18(20)21)8-10(9)15/h7-8H,6H2,1-3H3,(H,17,19). The number of hydrogen-bond acceptors (Lipinski definition) is 4. The van der Waals surface area contributed by atoms with E-state index < -0.39 is 33.9 Å². The minimum atomic E-state index is -1.18. The van der Waals surface area contributed by atoms with Crippen molar-refractivity contribution >= 4 is 11.8 Å². The molecule has 0 bridgehead atoms. The number of ether oxygens (including phenoxy) is 1. The topological polar surface area (TPSA) is 81.5 Å². The molecule has 1 rings (SSSR count). The Morgan fingerprint density at radius 1 is 1.36 bits per heavy atom. The predicted octanol–water partition coefficient (Wildman–Crippen LogP) is 2.75. The Bertz CT molecular complexity index is 657. The van der Waals surface area contributed by atoms with Gasteiger partial charge < -0.3 is 10.1 Å². The summed E-state index contributed by atoms with van der Waals surface area (Å²) < 4.78 is 31.8. The van der Waals surface area contributed by atoms with Crippen molar-refractivity contribution in [2.45, 2.75) is 26.4 Å². The fraction of sp³-hybridized carbons (Fsp3) is 0.357. The van der Waals surface area contributed by atoms with E-state index in [9.17, 15) is 23.7 Å². The van der Waals surface area contributed by atoms with Gasteiger partial charge in [-0.15, -0.1) is 0 Å². The van der Waals surface area contributed by atoms with E-state index in [0.29, 0.717) is 12.1 Å². The van der Waals surface area contributed by atoms with Crippen LogP contribution in [0.1, 0.15) is 26.3 Å². The highest BCUT2D eigenvalue weighted by molar-refractivity contribution is 5.68. The fourth-order valence-corrected chi connectivity index (χ4v) is 1.34. The van der Waals surface area contributed by atoms with Crippen LogP contribution < -0.4 is 5.32 Å². The summed E-state index contributed by atoms with van der Waals surface area (Å²) >= 11 is 0. The fourth-order valence-electron chi connectivity index (χ4n) is 1.34. The third kappa shape index (κ3) is 5.36. The quantitative estimate of drug-likeness (QED) is 0.517. The molecule has 0 aliphatic heterocycles. The summed E-state index contributed by atoms with van der Waals surface area (Å²) in [6, 6.07) is 1.09. The Kier molecular flexibility index (Phi) is 5.40. The van der Waals surface area contributed by atoms with Gasteiger partial charge in [0.25, 0.3) is 0 Å². The summed E-state index contributed by atoms with van der Waals surface area (Å²) in [7, 11) is 0. The van der Waals surface area contributed by atoms with Gasteiger partial charge in [-0.3, -0.25) is 10.1 Å². The highest BCUT2D eigenvalue weighted by Gasteiger charge is 2.18. The van der Waals surface area contributed by atoms with Crippen LogP contribution in [0.15, 0.2) is 12.1 Å². The number of rotatable bonds is 2. The zero-order chi connectivity index (χ0) is 16.9. The van der Waals surface area contributed by atoms with Crippen LogP contribution in [0.2, 0.25) is 0 Å². The molecule has 0 saturated carbocycles. The molecule has 0 unspecified atom stereocenters. The maximum atomic E-state index is 13.5. The Hall–Kier alpha value is -2.69. The van der Waals surface area contributed by atoms with Crippen molar-refractivity contribution < 1.29 is 23.2 Å². The molecule has 0 aromatic heterocycles. The van der Waals surface area contributed by atoms with E-state index >= 15 is 0 Å². The lowest BCUT2D eigenvalue weighted by atomic mass is 10.2. The van der Waals surface area contributed by atoms with E-state index in [1.807, 2.05) is 0 Å². The average Bonchev–Trinajstić information content (AvgIpc) is 2.35. The molecule has 0 radical (unpaired) electrons. The molecule has 0 spiro atoms. The monoisotopic (exact) mass is 312 g/mol. The van der Waals surface area contributed by atoms with E-state index in [1.165, 1.54) is 0 Å². The van der Waals surface area contributed by atoms with Gasteiger partial charge in [0.05, 0.1) is 23.1 Å². The molecule has 118 valence electrons. The number of carbonyl (C=O) groups is 1. The molecule has 0 heterocycles. The molecular weight excluding hydrogens is 298 g/mol. The molecule has 22 heavy (non-hydrogen) atoms. The molecule has 1 N–H and O–H groups in total. The number of carbonyl (C=O) groups excluding carboxylic acids is 1. The van der Waals surface area contributed by atoms with E-state index in [2.05, 4.69) is 17.2 Å². The van der Waals surface area contributed by atoms with Crippen molar-refractivity contribution in [3.63, 3.8) is 0 Å². The minimum absolute atomic E-state index is 0.146. The van der Waals surface area contributed by atoms with Crippen LogP contribution >= 0.6 is 0 Å². The van der Waals surface area contributed by atoms with E-state index in [4.69, 9.17) is 4.74 Å². The molecule has 0 aliphatic carbocycles. The molecule has 0 fully saturated rings. The SMILES string of the molecule is CC(C)(C)OC(=O)NCC#Cc1cc(F)c([N+](=O)[O-])cc1F. The van der Waals surface area contributed by atoms with E-state index in [1.54, 1.807) is 20.8 Å². The van der Waals surface area contributed by atoms with Crippen LogP contribution in [0.5, 0.6) is 0 Å². The van der Waals surface area contributed by atoms with Crippen LogP contribution in [-0.2, 0) is 4.74 Å². The van der Waals surface area contributed by atoms with Crippen LogP contribution in [0.25, 0.3) is 0 Å². The zero-order valence-corrected chi connectivity index (χ0v) is 12.2. The molecule has 0 saturated heterocycles. The van der Waals surface area contributed by atoms with Gasteiger partial charge in [-0.1, -0.05) is 11.8 Å². The molecule has 0 atom stereocenters. The van der Waals surface area contributed by atoms with Gasteiger partial charge in [0, 0.05) is 0 Å². The van der Waals surface area contributed by atoms with Crippen molar-refractivity contribution in [3.8, 4) is 11.8 Å². The summed E-state index contributed by atoms with van der Waals surface area (Å²) in [5.74, 6) is 2.48. The molecular formula is C14H14F2N2O4.